The molecule has 0 saturated heterocycles. The minimum absolute atomic E-state index is 0.117. The zero-order valence-corrected chi connectivity index (χ0v) is 16.3. The van der Waals surface area contributed by atoms with Crippen molar-refractivity contribution < 1.29 is 18.7 Å². The van der Waals surface area contributed by atoms with Crippen LogP contribution in [0.4, 0.5) is 0 Å². The van der Waals surface area contributed by atoms with Gasteiger partial charge in [0, 0.05) is 12.5 Å². The molecule has 0 aromatic heterocycles. The van der Waals surface area contributed by atoms with Gasteiger partial charge in [-0.3, -0.25) is 13.9 Å². The number of aliphatic hydroxyl groups excluding tert-OH is 1. The van der Waals surface area contributed by atoms with E-state index in [0.717, 1.165) is 23.3 Å². The van der Waals surface area contributed by atoms with Gasteiger partial charge in [-0.05, 0) is 32.6 Å². The first-order valence-corrected chi connectivity index (χ1v) is 9.04. The van der Waals surface area contributed by atoms with Crippen molar-refractivity contribution in [3.05, 3.63) is 12.0 Å². The number of aliphatic hydroxyl groups is 1. The number of thiol groups is 2. The van der Waals surface area contributed by atoms with Crippen molar-refractivity contribution in [1.82, 2.24) is 9.62 Å². The Morgan fingerprint density at radius 1 is 1.33 bits per heavy atom. The Morgan fingerprint density at radius 3 is 2.42 bits per heavy atom. The summed E-state index contributed by atoms with van der Waals surface area (Å²) in [7, 11) is 1.69. The second kappa shape index (κ2) is 9.98. The third kappa shape index (κ3) is 6.76. The normalized spacial score (nSPS) is 17.5. The molecule has 0 bridgehead atoms. The van der Waals surface area contributed by atoms with Gasteiger partial charge in [-0.2, -0.15) is 3.98 Å². The molecule has 0 aromatic rings. The van der Waals surface area contributed by atoms with Gasteiger partial charge in [-0.25, -0.2) is 0 Å². The molecule has 0 atom stereocenters. The number of hydrogen-bond donors (Lipinski definition) is 4. The van der Waals surface area contributed by atoms with Crippen LogP contribution in [0.1, 0.15) is 52.4 Å². The molecule has 2 N–H and O–H groups in total. The molecule has 24 heavy (non-hydrogen) atoms. The predicted molar refractivity (Wildman–Crippen MR) is 101 cm³/mol. The van der Waals surface area contributed by atoms with E-state index in [4.69, 9.17) is 0 Å². The lowest BCUT2D eigenvalue weighted by Gasteiger charge is -2.21. The predicted octanol–water partition coefficient (Wildman–Crippen LogP) is 2.48. The number of carbonyl (C=O) groups excluding carboxylic acids is 2. The van der Waals surface area contributed by atoms with Crippen LogP contribution in [0.3, 0.4) is 0 Å². The third-order valence-electron chi connectivity index (χ3n) is 3.95. The standard InChI is InChI=1S/C16H27N3O3S2/c1-11(2)17-15(21)14(20)10-19(24)16(22)13(18(3)23)9-12-7-5-4-6-8-12/h10-12,24H,4-9H2,1-3H3,(H2-,17,20,21,22,23)/p+1/b14-10-. The minimum Gasteiger partial charge on any atom is -0.502 e. The summed E-state index contributed by atoms with van der Waals surface area (Å²) in [4.78, 5) is 24.3. The zero-order chi connectivity index (χ0) is 18.3. The first-order valence-electron chi connectivity index (χ1n) is 8.24. The van der Waals surface area contributed by atoms with Gasteiger partial charge in [-0.15, -0.1) is 0 Å². The first-order chi connectivity index (χ1) is 11.2. The molecule has 1 saturated carbocycles. The maximum absolute atomic E-state index is 12.6. The van der Waals surface area contributed by atoms with Crippen molar-refractivity contribution >= 4 is 43.2 Å². The average molecular weight is 375 g/mol. The molecule has 0 unspecified atom stereocenters. The van der Waals surface area contributed by atoms with E-state index in [9.17, 15) is 14.7 Å². The van der Waals surface area contributed by atoms with Crippen LogP contribution in [0.25, 0.3) is 0 Å². The van der Waals surface area contributed by atoms with Gasteiger partial charge in [0.05, 0.1) is 6.20 Å². The van der Waals surface area contributed by atoms with Crippen molar-refractivity contribution in [3.63, 3.8) is 0 Å². The van der Waals surface area contributed by atoms with Crippen LogP contribution in [0.5, 0.6) is 0 Å². The molecule has 0 radical (unpaired) electrons. The van der Waals surface area contributed by atoms with Crippen molar-refractivity contribution in [2.75, 3.05) is 7.05 Å². The van der Waals surface area contributed by atoms with Gasteiger partial charge in [0.25, 0.3) is 11.6 Å². The maximum atomic E-state index is 12.6. The fourth-order valence-electron chi connectivity index (χ4n) is 2.72. The molecular formula is C16H28N3O3S2+. The molecule has 0 spiro atoms. The van der Waals surface area contributed by atoms with Crippen LogP contribution in [0.2, 0.25) is 0 Å². The van der Waals surface area contributed by atoms with E-state index in [1.165, 1.54) is 23.2 Å². The molecule has 2 amide bonds. The van der Waals surface area contributed by atoms with E-state index < -0.39 is 17.6 Å². The Labute approximate surface area is 155 Å². The van der Waals surface area contributed by atoms with Crippen LogP contribution in [-0.4, -0.2) is 44.0 Å². The van der Waals surface area contributed by atoms with Crippen LogP contribution >= 0.6 is 25.6 Å². The summed E-state index contributed by atoms with van der Waals surface area (Å²) in [5.74, 6) is -1.16. The number of nitrogens with zero attached hydrogens (tertiary/aromatic N) is 2. The largest absolute Gasteiger partial charge is 0.502 e. The van der Waals surface area contributed by atoms with Gasteiger partial charge >= 0.3 is 5.91 Å². The van der Waals surface area contributed by atoms with Crippen molar-refractivity contribution in [2.45, 2.75) is 58.4 Å². The summed E-state index contributed by atoms with van der Waals surface area (Å²) in [6, 6.07) is -0.117. The van der Waals surface area contributed by atoms with Crippen LogP contribution < -0.4 is 5.32 Å². The van der Waals surface area contributed by atoms with E-state index in [1.807, 2.05) is 0 Å². The Balaban J connectivity index is 2.79. The van der Waals surface area contributed by atoms with Gasteiger partial charge in [0.2, 0.25) is 0 Å². The lowest BCUT2D eigenvalue weighted by molar-refractivity contribution is -0.303. The molecule has 0 heterocycles. The Hall–Kier alpha value is -1.15. The Bertz CT molecular complexity index is 523. The van der Waals surface area contributed by atoms with Crippen molar-refractivity contribution in [3.8, 4) is 0 Å². The number of carbonyl (C=O) groups is 2. The monoisotopic (exact) mass is 374 g/mol. The topological polar surface area (TPSA) is 72.7 Å². The molecular weight excluding hydrogens is 346 g/mol. The van der Waals surface area contributed by atoms with Gasteiger partial charge in [0.15, 0.2) is 5.76 Å². The summed E-state index contributed by atoms with van der Waals surface area (Å²) in [6.07, 6.45) is 7.44. The molecule has 8 heteroatoms. The van der Waals surface area contributed by atoms with Gasteiger partial charge in [0.1, 0.15) is 19.9 Å². The quantitative estimate of drug-likeness (QED) is 0.190. The van der Waals surface area contributed by atoms with Crippen LogP contribution in [0, 0.1) is 5.92 Å². The van der Waals surface area contributed by atoms with Crippen molar-refractivity contribution in [2.24, 2.45) is 5.92 Å². The maximum Gasteiger partial charge on any atom is 0.328 e. The minimum atomic E-state index is -0.648. The van der Waals surface area contributed by atoms with Gasteiger partial charge < -0.3 is 10.4 Å². The fourth-order valence-corrected chi connectivity index (χ4v) is 3.12. The number of hydrogen-bond acceptors (Lipinski definition) is 5. The third-order valence-corrected chi connectivity index (χ3v) is 4.49. The summed E-state index contributed by atoms with van der Waals surface area (Å²) in [5, 5.41) is 12.3. The second-order valence-electron chi connectivity index (χ2n) is 6.47. The fraction of sp³-hybridized carbons (Fsp3) is 0.688. The smallest absolute Gasteiger partial charge is 0.328 e. The Morgan fingerprint density at radius 2 is 1.92 bits per heavy atom. The number of rotatable bonds is 6. The molecule has 0 aliphatic heterocycles. The summed E-state index contributed by atoms with van der Waals surface area (Å²) >= 11 is 8.34. The first kappa shape index (κ1) is 20.9. The molecule has 6 nitrogen and oxygen atoms in total. The van der Waals surface area contributed by atoms with Crippen LogP contribution in [-0.2, 0) is 9.59 Å². The lowest BCUT2D eigenvalue weighted by Crippen LogP contribution is -2.35. The molecule has 1 rings (SSSR count). The number of nitrogens with one attached hydrogen (secondary N) is 1. The highest BCUT2D eigenvalue weighted by atomic mass is 32.1. The van der Waals surface area contributed by atoms with Crippen LogP contribution in [0.15, 0.2) is 12.0 Å². The summed E-state index contributed by atoms with van der Waals surface area (Å²) < 4.78 is 2.42. The van der Waals surface area contributed by atoms with E-state index in [0.29, 0.717) is 18.1 Å². The molecule has 0 aromatic carbocycles. The Kier molecular flexibility index (Phi) is 8.69. The average Bonchev–Trinajstić information content (AvgIpc) is 2.51. The highest BCUT2D eigenvalue weighted by molar-refractivity contribution is 7.78. The van der Waals surface area contributed by atoms with Gasteiger partial charge in [-0.1, -0.05) is 32.1 Å². The second-order valence-corrected chi connectivity index (χ2v) is 7.50. The van der Waals surface area contributed by atoms with E-state index in [-0.39, 0.29) is 6.04 Å². The summed E-state index contributed by atoms with van der Waals surface area (Å²) in [5.41, 5.74) is 0.494. The van der Waals surface area contributed by atoms with Crippen molar-refractivity contribution in [1.29, 1.82) is 0 Å². The highest BCUT2D eigenvalue weighted by Gasteiger charge is 2.29. The summed E-state index contributed by atoms with van der Waals surface area (Å²) in [6.45, 7) is 3.56. The molecule has 1 fully saturated rings. The highest BCUT2D eigenvalue weighted by Crippen LogP contribution is 2.27. The molecule has 1 aliphatic rings. The zero-order valence-electron chi connectivity index (χ0n) is 14.5. The lowest BCUT2D eigenvalue weighted by atomic mass is 9.85. The molecule has 136 valence electrons. The van der Waals surface area contributed by atoms with E-state index >= 15 is 0 Å². The number of amides is 2. The SMILES string of the molecule is CC(C)NC(=O)/C(O)=C/N(S)C(=O)/C(CC1CCCCC1)=[N+](/C)S. The van der Waals surface area contributed by atoms with E-state index in [2.05, 4.69) is 30.9 Å². The molecule has 1 aliphatic carbocycles. The van der Waals surface area contributed by atoms with E-state index in [1.54, 1.807) is 20.9 Å².